The zero-order valence-electron chi connectivity index (χ0n) is 20.2. The van der Waals surface area contributed by atoms with Crippen molar-refractivity contribution >= 4 is 33.5 Å². The fraction of sp³-hybridized carbons (Fsp3) is 0. The van der Waals surface area contributed by atoms with Crippen molar-refractivity contribution in [2.75, 3.05) is 0 Å². The van der Waals surface area contributed by atoms with Gasteiger partial charge in [-0.15, -0.1) is 0 Å². The van der Waals surface area contributed by atoms with Gasteiger partial charge in [0.05, 0.1) is 0 Å². The largest absolute Gasteiger partial charge is 0.456 e. The second kappa shape index (κ2) is 9.25. The number of hydrogen-bond acceptors (Lipinski definition) is 4. The zero-order chi connectivity index (χ0) is 25.5. The third-order valence-corrected chi connectivity index (χ3v) is 6.84. The van der Waals surface area contributed by atoms with E-state index in [4.69, 9.17) is 31.0 Å². The molecule has 38 heavy (non-hydrogen) atoms. The molecule has 0 saturated heterocycles. The van der Waals surface area contributed by atoms with E-state index in [0.717, 1.165) is 49.8 Å². The molecule has 7 rings (SSSR count). The van der Waals surface area contributed by atoms with Crippen LogP contribution in [0.25, 0.3) is 67.2 Å². The molecule has 2 aromatic heterocycles. The molecule has 4 nitrogen and oxygen atoms in total. The minimum atomic E-state index is 0.573. The van der Waals surface area contributed by atoms with Crippen LogP contribution in [0.4, 0.5) is 0 Å². The Kier molecular flexibility index (Phi) is 5.46. The van der Waals surface area contributed by atoms with Crippen LogP contribution in [-0.4, -0.2) is 15.0 Å². The molecule has 5 heteroatoms. The number of aromatic nitrogens is 3. The molecule has 0 atom stereocenters. The number of rotatable bonds is 4. The van der Waals surface area contributed by atoms with Gasteiger partial charge in [0.1, 0.15) is 11.2 Å². The molecule has 5 aromatic carbocycles. The SMILES string of the molecule is Clc1ccc(-c2nc(-c3ccccc3)nc(-c3cc(-c4ccccc4)c4c(c3)oc3ccccc34)n2)cc1. The summed E-state index contributed by atoms with van der Waals surface area (Å²) >= 11 is 6.15. The summed E-state index contributed by atoms with van der Waals surface area (Å²) in [6.07, 6.45) is 0. The molecule has 2 heterocycles. The number of furan rings is 1. The van der Waals surface area contributed by atoms with Gasteiger partial charge in [-0.05, 0) is 53.6 Å². The van der Waals surface area contributed by atoms with Crippen molar-refractivity contribution in [3.05, 3.63) is 126 Å². The van der Waals surface area contributed by atoms with Crippen LogP contribution in [0.15, 0.2) is 126 Å². The number of halogens is 1. The van der Waals surface area contributed by atoms with E-state index < -0.39 is 0 Å². The van der Waals surface area contributed by atoms with Crippen molar-refractivity contribution in [1.82, 2.24) is 15.0 Å². The third-order valence-electron chi connectivity index (χ3n) is 6.59. The van der Waals surface area contributed by atoms with Crippen LogP contribution in [0.5, 0.6) is 0 Å². The van der Waals surface area contributed by atoms with Crippen LogP contribution >= 0.6 is 11.6 Å². The highest BCUT2D eigenvalue weighted by Gasteiger charge is 2.18. The predicted molar refractivity (Wildman–Crippen MR) is 154 cm³/mol. The Labute approximate surface area is 224 Å². The minimum absolute atomic E-state index is 0.573. The fourth-order valence-electron chi connectivity index (χ4n) is 4.78. The van der Waals surface area contributed by atoms with Gasteiger partial charge in [0.15, 0.2) is 17.5 Å². The summed E-state index contributed by atoms with van der Waals surface area (Å²) in [6, 6.07) is 40.1. The molecule has 0 aliphatic carbocycles. The summed E-state index contributed by atoms with van der Waals surface area (Å²) in [5, 5.41) is 2.82. The topological polar surface area (TPSA) is 51.8 Å². The van der Waals surface area contributed by atoms with E-state index in [1.165, 1.54) is 0 Å². The maximum Gasteiger partial charge on any atom is 0.164 e. The molecule has 0 fully saturated rings. The molecule has 180 valence electrons. The lowest BCUT2D eigenvalue weighted by Crippen LogP contribution is -2.00. The van der Waals surface area contributed by atoms with Crippen molar-refractivity contribution < 1.29 is 4.42 Å². The van der Waals surface area contributed by atoms with Gasteiger partial charge >= 0.3 is 0 Å². The maximum absolute atomic E-state index is 6.33. The molecular formula is C33H20ClN3O. The molecule has 0 unspecified atom stereocenters. The second-order valence-electron chi connectivity index (χ2n) is 9.04. The van der Waals surface area contributed by atoms with Gasteiger partial charge in [0.25, 0.3) is 0 Å². The van der Waals surface area contributed by atoms with E-state index in [2.05, 4.69) is 24.3 Å². The summed E-state index contributed by atoms with van der Waals surface area (Å²) in [5.41, 5.74) is 6.43. The van der Waals surface area contributed by atoms with Crippen LogP contribution in [0.1, 0.15) is 0 Å². The van der Waals surface area contributed by atoms with Gasteiger partial charge in [-0.25, -0.2) is 15.0 Å². The summed E-state index contributed by atoms with van der Waals surface area (Å²) in [6.45, 7) is 0. The highest BCUT2D eigenvalue weighted by Crippen LogP contribution is 2.39. The van der Waals surface area contributed by atoms with Gasteiger partial charge < -0.3 is 4.42 Å². The van der Waals surface area contributed by atoms with Gasteiger partial charge in [-0.1, -0.05) is 90.5 Å². The molecule has 0 aliphatic heterocycles. The Morgan fingerprint density at radius 3 is 1.71 bits per heavy atom. The van der Waals surface area contributed by atoms with Gasteiger partial charge in [-0.2, -0.15) is 0 Å². The van der Waals surface area contributed by atoms with Gasteiger partial charge in [0, 0.05) is 32.5 Å². The van der Waals surface area contributed by atoms with E-state index >= 15 is 0 Å². The molecule has 0 saturated carbocycles. The lowest BCUT2D eigenvalue weighted by atomic mass is 9.97. The molecule has 0 aliphatic rings. The monoisotopic (exact) mass is 509 g/mol. The summed E-state index contributed by atoms with van der Waals surface area (Å²) in [4.78, 5) is 14.7. The number of nitrogens with zero attached hydrogens (tertiary/aromatic N) is 3. The van der Waals surface area contributed by atoms with Crippen LogP contribution in [0.3, 0.4) is 0 Å². The predicted octanol–water partition coefficient (Wildman–Crippen LogP) is 9.09. The summed E-state index contributed by atoms with van der Waals surface area (Å²) in [5.74, 6) is 1.76. The average molecular weight is 510 g/mol. The van der Waals surface area contributed by atoms with Gasteiger partial charge in [0.2, 0.25) is 0 Å². The number of benzene rings is 5. The Bertz CT molecular complexity index is 1910. The average Bonchev–Trinajstić information content (AvgIpc) is 3.36. The van der Waals surface area contributed by atoms with Crippen molar-refractivity contribution in [3.63, 3.8) is 0 Å². The van der Waals surface area contributed by atoms with E-state index in [-0.39, 0.29) is 0 Å². The van der Waals surface area contributed by atoms with Crippen molar-refractivity contribution in [2.45, 2.75) is 0 Å². The Morgan fingerprint density at radius 2 is 1.03 bits per heavy atom. The lowest BCUT2D eigenvalue weighted by molar-refractivity contribution is 0.669. The van der Waals surface area contributed by atoms with Crippen LogP contribution in [0, 0.1) is 0 Å². The van der Waals surface area contributed by atoms with E-state index in [9.17, 15) is 0 Å². The summed E-state index contributed by atoms with van der Waals surface area (Å²) in [7, 11) is 0. The summed E-state index contributed by atoms with van der Waals surface area (Å²) < 4.78 is 6.33. The van der Waals surface area contributed by atoms with Crippen molar-refractivity contribution in [1.29, 1.82) is 0 Å². The molecule has 0 N–H and O–H groups in total. The van der Waals surface area contributed by atoms with Crippen LogP contribution < -0.4 is 0 Å². The minimum Gasteiger partial charge on any atom is -0.456 e. The highest BCUT2D eigenvalue weighted by molar-refractivity contribution is 6.30. The fourth-order valence-corrected chi connectivity index (χ4v) is 4.90. The molecule has 0 amide bonds. The Balaban J connectivity index is 1.51. The van der Waals surface area contributed by atoms with E-state index in [0.29, 0.717) is 22.5 Å². The molecular weight excluding hydrogens is 490 g/mol. The molecule has 0 bridgehead atoms. The molecule has 0 spiro atoms. The Morgan fingerprint density at radius 1 is 0.474 bits per heavy atom. The van der Waals surface area contributed by atoms with Gasteiger partial charge in [-0.3, -0.25) is 0 Å². The van der Waals surface area contributed by atoms with Crippen molar-refractivity contribution in [2.24, 2.45) is 0 Å². The van der Waals surface area contributed by atoms with E-state index in [1.807, 2.05) is 97.1 Å². The highest BCUT2D eigenvalue weighted by atomic mass is 35.5. The molecule has 7 aromatic rings. The van der Waals surface area contributed by atoms with Crippen molar-refractivity contribution in [3.8, 4) is 45.3 Å². The van der Waals surface area contributed by atoms with E-state index in [1.54, 1.807) is 0 Å². The number of para-hydroxylation sites is 1. The first-order chi connectivity index (χ1) is 18.7. The maximum atomic E-state index is 6.33. The standard InChI is InChI=1S/C33H20ClN3O/c34-25-17-15-23(16-18-25)32-35-31(22-11-5-2-6-12-22)36-33(37-32)24-19-27(21-9-3-1-4-10-21)30-26-13-7-8-14-28(26)38-29(30)20-24/h1-20H. The van der Waals surface area contributed by atoms with Crippen LogP contribution in [0.2, 0.25) is 5.02 Å². The first-order valence-corrected chi connectivity index (χ1v) is 12.7. The number of hydrogen-bond donors (Lipinski definition) is 0. The van der Waals surface area contributed by atoms with Crippen LogP contribution in [-0.2, 0) is 0 Å². The number of fused-ring (bicyclic) bond motifs is 3. The molecule has 0 radical (unpaired) electrons. The third kappa shape index (κ3) is 4.01. The first-order valence-electron chi connectivity index (χ1n) is 12.3. The quantitative estimate of drug-likeness (QED) is 0.237. The zero-order valence-corrected chi connectivity index (χ0v) is 20.9. The smallest absolute Gasteiger partial charge is 0.164 e. The first kappa shape index (κ1) is 22.4. The second-order valence-corrected chi connectivity index (χ2v) is 9.48. The Hall–Kier alpha value is -4.80. The lowest BCUT2D eigenvalue weighted by Gasteiger charge is -2.11. The normalized spacial score (nSPS) is 11.3.